The van der Waals surface area contributed by atoms with E-state index in [1.165, 1.54) is 0 Å². The van der Waals surface area contributed by atoms with Crippen LogP contribution < -0.4 is 14.0 Å². The topological polar surface area (TPSA) is 39.4 Å². The van der Waals surface area contributed by atoms with Gasteiger partial charge in [-0.15, -0.1) is 0 Å². The van der Waals surface area contributed by atoms with Crippen molar-refractivity contribution in [2.75, 3.05) is 13.9 Å². The maximum absolute atomic E-state index is 12.1. The molecule has 0 amide bonds. The summed E-state index contributed by atoms with van der Waals surface area (Å²) in [6.45, 7) is 0.534. The van der Waals surface area contributed by atoms with E-state index in [4.69, 9.17) is 9.47 Å². The van der Waals surface area contributed by atoms with Crippen molar-refractivity contribution in [1.29, 1.82) is 0 Å². The Labute approximate surface area is 150 Å². The zero-order valence-corrected chi connectivity index (χ0v) is 16.1. The number of benzene rings is 1. The number of nitrogens with zero attached hydrogens (tertiary/aromatic N) is 1. The van der Waals surface area contributed by atoms with Gasteiger partial charge < -0.3 is 14.2 Å². The average Bonchev–Trinajstić information content (AvgIpc) is 2.52. The van der Waals surface area contributed by atoms with E-state index in [1.54, 1.807) is 31.4 Å². The van der Waals surface area contributed by atoms with Gasteiger partial charge in [0.2, 0.25) is 12.3 Å². The monoisotopic (exact) mass is 493 g/mol. The van der Waals surface area contributed by atoms with Gasteiger partial charge in [-0.3, -0.25) is 4.79 Å². The van der Waals surface area contributed by atoms with Crippen LogP contribution in [0.25, 0.3) is 0 Å². The van der Waals surface area contributed by atoms with Crippen molar-refractivity contribution in [3.05, 3.63) is 60.4 Å². The second kappa shape index (κ2) is 10.4. The van der Waals surface area contributed by atoms with Gasteiger partial charge in [0.25, 0.3) is 0 Å². The summed E-state index contributed by atoms with van der Waals surface area (Å²) in [7, 11) is 1.56. The Balaban J connectivity index is 0.000000777. The molecule has 0 fully saturated rings. The van der Waals surface area contributed by atoms with E-state index in [0.29, 0.717) is 17.9 Å². The first-order chi connectivity index (χ1) is 11.5. The fourth-order valence-corrected chi connectivity index (χ4v) is 1.66. The van der Waals surface area contributed by atoms with Gasteiger partial charge in [-0.25, -0.2) is 0 Å². The molecule has 0 saturated heterocycles. The molecule has 11 heteroatoms. The van der Waals surface area contributed by atoms with Gasteiger partial charge in [0.15, 0.2) is 19.2 Å². The Kier molecular flexibility index (Phi) is 9.65. The van der Waals surface area contributed by atoms with E-state index in [2.05, 4.69) is 0 Å². The fraction of sp³-hybridized carbons (Fsp3) is 0.200. The summed E-state index contributed by atoms with van der Waals surface area (Å²) < 4.78 is 61.5. The Morgan fingerprint density at radius 3 is 1.96 bits per heavy atom. The standard InChI is InChI=1S/C15H16NO3.6FH.Sb/c1-18-12-19-14-7-5-13(6-8-14)15(17)11-16-9-3-2-4-10-16;;;;;;;/h2-10H,11-12H2,1H3;6*1H;/q+1;;;;;;;+5/p-6. The quantitative estimate of drug-likeness (QED) is 0.194. The summed E-state index contributed by atoms with van der Waals surface area (Å²) in [5, 5.41) is 0. The van der Waals surface area contributed by atoms with Crippen LogP contribution in [0.5, 0.6) is 5.75 Å². The number of rotatable bonds is 6. The van der Waals surface area contributed by atoms with Crippen LogP contribution in [0.2, 0.25) is 0 Å². The van der Waals surface area contributed by atoms with Gasteiger partial charge >= 0.3 is 34.4 Å². The third-order valence-electron chi connectivity index (χ3n) is 2.62. The average molecular weight is 494 g/mol. The first-order valence-electron chi connectivity index (χ1n) is 6.83. The number of hydrogen-bond donors (Lipinski definition) is 0. The number of Topliss-reactive ketones (excluding diaryl/α,β-unsaturated/α-hetero) is 1. The van der Waals surface area contributed by atoms with Gasteiger partial charge in [-0.2, -0.15) is 4.57 Å². The predicted molar refractivity (Wildman–Crippen MR) is 81.2 cm³/mol. The van der Waals surface area contributed by atoms with Crippen molar-refractivity contribution in [3.8, 4) is 5.75 Å². The Bertz CT molecular complexity index is 660. The zero-order chi connectivity index (χ0) is 18.9. The minimum atomic E-state index is -9.19. The number of hydrogen-bond acceptors (Lipinski definition) is 3. The number of carbonyl (C=O) groups excluding carboxylic acids is 1. The van der Waals surface area contributed by atoms with Crippen molar-refractivity contribution in [2.45, 2.75) is 6.54 Å². The van der Waals surface area contributed by atoms with E-state index < -0.39 is 20.3 Å². The second-order valence-electron chi connectivity index (χ2n) is 4.69. The Morgan fingerprint density at radius 2 is 1.50 bits per heavy atom. The predicted octanol–water partition coefficient (Wildman–Crippen LogP) is 0.564. The van der Waals surface area contributed by atoms with Crippen LogP contribution in [0.15, 0.2) is 54.9 Å². The summed E-state index contributed by atoms with van der Waals surface area (Å²) in [4.78, 5) is 12.1. The molecular weight excluding hydrogens is 478 g/mol. The molecule has 0 saturated carbocycles. The van der Waals surface area contributed by atoms with E-state index in [1.807, 2.05) is 35.2 Å². The van der Waals surface area contributed by atoms with Crippen LogP contribution in [-0.4, -0.2) is 40.0 Å². The van der Waals surface area contributed by atoms with E-state index >= 15 is 0 Å². The molecule has 0 spiro atoms. The number of aromatic nitrogens is 1. The summed E-state index contributed by atoms with van der Waals surface area (Å²) in [5.74, 6) is 0.750. The molecule has 0 aliphatic rings. The molecule has 1 aromatic heterocycles. The molecule has 4 nitrogen and oxygen atoms in total. The van der Waals surface area contributed by atoms with Gasteiger partial charge in [-0.05, 0) is 24.3 Å². The number of halogens is 6. The molecule has 1 aromatic carbocycles. The molecule has 0 atom stereocenters. The van der Waals surface area contributed by atoms with Gasteiger partial charge in [0, 0.05) is 24.8 Å². The molecule has 0 bridgehead atoms. The van der Waals surface area contributed by atoms with Crippen LogP contribution in [0.1, 0.15) is 10.4 Å². The van der Waals surface area contributed by atoms with Crippen molar-refractivity contribution < 1.29 is 37.6 Å². The van der Waals surface area contributed by atoms with Crippen LogP contribution >= 0.6 is 0 Å². The fourth-order valence-electron chi connectivity index (χ4n) is 1.66. The van der Waals surface area contributed by atoms with E-state index in [-0.39, 0.29) is 17.3 Å². The SMILES string of the molecule is COCOc1ccc(C(=O)C[n+]2ccccc2)cc1.[F-].[F][Sb]([F])([F])([F])[F]. The first-order valence-corrected chi connectivity index (χ1v) is 11.7. The molecule has 1 heterocycles. The number of ether oxygens (including phenoxy) is 2. The van der Waals surface area contributed by atoms with Crippen molar-refractivity contribution in [1.82, 2.24) is 0 Å². The number of methoxy groups -OCH3 is 1. The molecule has 26 heavy (non-hydrogen) atoms. The molecular formula is C15H16F6NO3Sb. The molecule has 0 N–H and O–H groups in total. The van der Waals surface area contributed by atoms with E-state index in [0.717, 1.165) is 0 Å². The molecule has 0 aliphatic carbocycles. The Hall–Kier alpha value is -1.80. The first kappa shape index (κ1) is 24.2. The summed E-state index contributed by atoms with van der Waals surface area (Å²) in [6, 6.07) is 12.8. The number of ketones is 1. The van der Waals surface area contributed by atoms with Crippen molar-refractivity contribution in [2.24, 2.45) is 0 Å². The molecule has 0 unspecified atom stereocenters. The van der Waals surface area contributed by atoms with Crippen molar-refractivity contribution in [3.63, 3.8) is 0 Å². The second-order valence-corrected chi connectivity index (χ2v) is 8.33. The van der Waals surface area contributed by atoms with Crippen molar-refractivity contribution >= 4 is 26.1 Å². The van der Waals surface area contributed by atoms with Crippen LogP contribution in [0.3, 0.4) is 0 Å². The summed E-state index contributed by atoms with van der Waals surface area (Å²) >= 11 is -9.19. The van der Waals surface area contributed by atoms with Crippen LogP contribution in [0.4, 0.5) is 14.1 Å². The third-order valence-corrected chi connectivity index (χ3v) is 2.62. The van der Waals surface area contributed by atoms with Gasteiger partial charge in [0.1, 0.15) is 5.75 Å². The molecule has 146 valence electrons. The van der Waals surface area contributed by atoms with Crippen LogP contribution in [0, 0.1) is 0 Å². The van der Waals surface area contributed by atoms with Gasteiger partial charge in [0.05, 0.1) is 0 Å². The Morgan fingerprint density at radius 1 is 1.00 bits per heavy atom. The number of pyridine rings is 1. The summed E-state index contributed by atoms with van der Waals surface area (Å²) in [6.07, 6.45) is 3.74. The molecule has 0 radical (unpaired) electrons. The van der Waals surface area contributed by atoms with Gasteiger partial charge in [-0.1, -0.05) is 6.07 Å². The molecule has 2 rings (SSSR count). The minimum absolute atomic E-state index is 0. The molecule has 2 aromatic rings. The third kappa shape index (κ3) is 12.5. The van der Waals surface area contributed by atoms with E-state index in [9.17, 15) is 18.9 Å². The maximum atomic E-state index is 12.1. The van der Waals surface area contributed by atoms with Crippen LogP contribution in [-0.2, 0) is 11.3 Å². The zero-order valence-electron chi connectivity index (χ0n) is 13.5. The number of carbonyl (C=O) groups is 1. The molecule has 0 aliphatic heterocycles. The normalized spacial score (nSPS) is 11.8. The summed E-state index contributed by atoms with van der Waals surface area (Å²) in [5.41, 5.74) is 0.668.